The maximum absolute atomic E-state index is 12.1. The van der Waals surface area contributed by atoms with E-state index in [9.17, 15) is 10.1 Å². The van der Waals surface area contributed by atoms with E-state index in [4.69, 9.17) is 9.47 Å². The summed E-state index contributed by atoms with van der Waals surface area (Å²) in [5.41, 5.74) is 1.85. The number of hydrogen-bond donors (Lipinski definition) is 1. The first kappa shape index (κ1) is 21.6. The van der Waals surface area contributed by atoms with Crippen molar-refractivity contribution in [3.05, 3.63) is 81.8 Å². The molecule has 0 aromatic heterocycles. The summed E-state index contributed by atoms with van der Waals surface area (Å²) in [6.07, 6.45) is 1.54. The molecule has 0 fully saturated rings. The maximum atomic E-state index is 12.1. The van der Waals surface area contributed by atoms with Crippen LogP contribution < -0.4 is 10.1 Å². The van der Waals surface area contributed by atoms with E-state index in [1.165, 1.54) is 5.39 Å². The van der Waals surface area contributed by atoms with Crippen molar-refractivity contribution in [2.24, 2.45) is 0 Å². The highest BCUT2D eigenvalue weighted by atomic mass is 79.9. The molecule has 0 atom stereocenters. The summed E-state index contributed by atoms with van der Waals surface area (Å²) in [6.45, 7) is 1.16. The number of nitrogens with zero attached hydrogens (tertiary/aromatic N) is 1. The Morgan fingerprint density at radius 1 is 1.17 bits per heavy atom. The van der Waals surface area contributed by atoms with Gasteiger partial charge in [0.25, 0.3) is 5.91 Å². The predicted molar refractivity (Wildman–Crippen MR) is 121 cm³/mol. The molecular formula is C24H21BrN2O3. The number of carbonyl (C=O) groups excluding carboxylic acids is 1. The molecule has 0 heterocycles. The van der Waals surface area contributed by atoms with Crippen LogP contribution >= 0.6 is 15.9 Å². The zero-order valence-corrected chi connectivity index (χ0v) is 18.1. The zero-order valence-electron chi connectivity index (χ0n) is 16.5. The number of nitriles is 1. The Bertz CT molecular complexity index is 1110. The Morgan fingerprint density at radius 2 is 1.97 bits per heavy atom. The van der Waals surface area contributed by atoms with Crippen molar-refractivity contribution in [3.8, 4) is 11.8 Å². The number of halogens is 1. The molecule has 152 valence electrons. The number of carbonyl (C=O) groups is 1. The molecule has 0 aliphatic heterocycles. The van der Waals surface area contributed by atoms with E-state index in [2.05, 4.69) is 45.5 Å². The molecule has 3 aromatic rings. The number of nitrogens with one attached hydrogen (secondary N) is 1. The van der Waals surface area contributed by atoms with E-state index in [1.54, 1.807) is 13.2 Å². The highest BCUT2D eigenvalue weighted by Crippen LogP contribution is 2.28. The van der Waals surface area contributed by atoms with Crippen molar-refractivity contribution in [3.63, 3.8) is 0 Å². The first-order valence-electron chi connectivity index (χ1n) is 9.40. The Labute approximate surface area is 184 Å². The molecule has 0 aliphatic carbocycles. The summed E-state index contributed by atoms with van der Waals surface area (Å²) >= 11 is 3.52. The largest absolute Gasteiger partial charge is 0.488 e. The van der Waals surface area contributed by atoms with Gasteiger partial charge >= 0.3 is 0 Å². The lowest BCUT2D eigenvalue weighted by molar-refractivity contribution is -0.117. The molecular weight excluding hydrogens is 444 g/mol. The molecule has 3 aromatic carbocycles. The third-order valence-electron chi connectivity index (χ3n) is 4.49. The molecule has 0 unspecified atom stereocenters. The highest BCUT2D eigenvalue weighted by molar-refractivity contribution is 9.10. The van der Waals surface area contributed by atoms with E-state index < -0.39 is 5.91 Å². The van der Waals surface area contributed by atoms with Crippen molar-refractivity contribution >= 4 is 38.7 Å². The average Bonchev–Trinajstić information content (AvgIpc) is 2.77. The van der Waals surface area contributed by atoms with Gasteiger partial charge < -0.3 is 14.8 Å². The fourth-order valence-electron chi connectivity index (χ4n) is 2.97. The Kier molecular flexibility index (Phi) is 7.61. The lowest BCUT2D eigenvalue weighted by Crippen LogP contribution is -2.27. The van der Waals surface area contributed by atoms with Gasteiger partial charge in [-0.1, -0.05) is 48.5 Å². The van der Waals surface area contributed by atoms with Gasteiger partial charge in [0.15, 0.2) is 0 Å². The average molecular weight is 465 g/mol. The fourth-order valence-corrected chi connectivity index (χ4v) is 3.49. The van der Waals surface area contributed by atoms with E-state index in [1.807, 2.05) is 42.5 Å². The number of methoxy groups -OCH3 is 1. The lowest BCUT2D eigenvalue weighted by Gasteiger charge is -2.11. The van der Waals surface area contributed by atoms with E-state index in [0.29, 0.717) is 25.5 Å². The topological polar surface area (TPSA) is 71.3 Å². The minimum absolute atomic E-state index is 0.0300. The quantitative estimate of drug-likeness (QED) is 0.293. The van der Waals surface area contributed by atoms with Gasteiger partial charge in [-0.25, -0.2) is 0 Å². The van der Waals surface area contributed by atoms with E-state index in [0.717, 1.165) is 21.0 Å². The van der Waals surface area contributed by atoms with Crippen LogP contribution in [0.25, 0.3) is 16.8 Å². The second-order valence-electron chi connectivity index (χ2n) is 6.54. The highest BCUT2D eigenvalue weighted by Gasteiger charge is 2.10. The Morgan fingerprint density at radius 3 is 2.73 bits per heavy atom. The lowest BCUT2D eigenvalue weighted by atomic mass is 10.1. The second-order valence-corrected chi connectivity index (χ2v) is 7.39. The number of rotatable bonds is 8. The first-order valence-corrected chi connectivity index (χ1v) is 10.2. The monoisotopic (exact) mass is 464 g/mol. The van der Waals surface area contributed by atoms with Crippen molar-refractivity contribution in [1.82, 2.24) is 5.32 Å². The normalized spacial score (nSPS) is 11.2. The maximum Gasteiger partial charge on any atom is 0.262 e. The van der Waals surface area contributed by atoms with Crippen LogP contribution in [0.15, 0.2) is 70.7 Å². The molecule has 1 amide bonds. The van der Waals surface area contributed by atoms with Gasteiger partial charge in [0, 0.05) is 13.7 Å². The van der Waals surface area contributed by atoms with Gasteiger partial charge in [-0.05, 0) is 56.0 Å². The Balaban J connectivity index is 1.72. The molecule has 0 saturated heterocycles. The first-order chi connectivity index (χ1) is 14.6. The van der Waals surface area contributed by atoms with E-state index >= 15 is 0 Å². The fraction of sp³-hybridized carbons (Fsp3) is 0.167. The van der Waals surface area contributed by atoms with Crippen LogP contribution in [-0.2, 0) is 16.1 Å². The summed E-state index contributed by atoms with van der Waals surface area (Å²) in [4.78, 5) is 12.1. The number of amides is 1. The van der Waals surface area contributed by atoms with Gasteiger partial charge in [0.1, 0.15) is 24.0 Å². The van der Waals surface area contributed by atoms with Crippen LogP contribution in [0, 0.1) is 11.3 Å². The van der Waals surface area contributed by atoms with Gasteiger partial charge in [-0.2, -0.15) is 5.26 Å². The molecule has 0 bridgehead atoms. The summed E-state index contributed by atoms with van der Waals surface area (Å²) in [5.74, 6) is 0.255. The number of hydrogen-bond acceptors (Lipinski definition) is 4. The minimum atomic E-state index is -0.429. The smallest absolute Gasteiger partial charge is 0.262 e. The van der Waals surface area contributed by atoms with Crippen molar-refractivity contribution in [2.75, 3.05) is 20.3 Å². The molecule has 5 nitrogen and oxygen atoms in total. The second kappa shape index (κ2) is 10.6. The van der Waals surface area contributed by atoms with Crippen molar-refractivity contribution < 1.29 is 14.3 Å². The van der Waals surface area contributed by atoms with Gasteiger partial charge in [0.2, 0.25) is 0 Å². The molecule has 0 aliphatic rings. The van der Waals surface area contributed by atoms with Crippen molar-refractivity contribution in [1.29, 1.82) is 5.26 Å². The van der Waals surface area contributed by atoms with Crippen LogP contribution in [0.3, 0.4) is 0 Å². The third-order valence-corrected chi connectivity index (χ3v) is 5.11. The summed E-state index contributed by atoms with van der Waals surface area (Å²) in [6, 6.07) is 21.7. The van der Waals surface area contributed by atoms with Crippen LogP contribution in [-0.4, -0.2) is 26.2 Å². The Hall–Kier alpha value is -3.14. The molecule has 1 N–H and O–H groups in total. The van der Waals surface area contributed by atoms with Gasteiger partial charge in [-0.15, -0.1) is 0 Å². The van der Waals surface area contributed by atoms with Gasteiger partial charge in [-0.3, -0.25) is 4.79 Å². The number of ether oxygens (including phenoxy) is 2. The summed E-state index contributed by atoms with van der Waals surface area (Å²) < 4.78 is 11.6. The van der Waals surface area contributed by atoms with Crippen LogP contribution in [0.4, 0.5) is 0 Å². The molecule has 3 rings (SSSR count). The number of fused-ring (bicyclic) bond motifs is 1. The van der Waals surface area contributed by atoms with Crippen LogP contribution in [0.2, 0.25) is 0 Å². The molecule has 30 heavy (non-hydrogen) atoms. The zero-order chi connectivity index (χ0) is 21.3. The number of benzene rings is 3. The SMILES string of the molecule is COCCNC(=O)/C(C#N)=C/c1ccc(OCc2cccc3ccccc23)c(Br)c1. The summed E-state index contributed by atoms with van der Waals surface area (Å²) in [7, 11) is 1.55. The predicted octanol–water partition coefficient (Wildman–Crippen LogP) is 4.85. The molecule has 6 heteroatoms. The molecule has 0 radical (unpaired) electrons. The molecule has 0 spiro atoms. The molecule has 0 saturated carbocycles. The summed E-state index contributed by atoms with van der Waals surface area (Å²) in [5, 5.41) is 14.3. The van der Waals surface area contributed by atoms with Crippen LogP contribution in [0.1, 0.15) is 11.1 Å². The van der Waals surface area contributed by atoms with Crippen LogP contribution in [0.5, 0.6) is 5.75 Å². The standard InChI is InChI=1S/C24H21BrN2O3/c1-29-12-11-27-24(28)20(15-26)13-17-9-10-23(22(25)14-17)30-16-19-7-4-6-18-5-2-3-8-21(18)19/h2-10,13-14H,11-12,16H2,1H3,(H,27,28)/b20-13+. The van der Waals surface area contributed by atoms with Gasteiger partial charge in [0.05, 0.1) is 11.1 Å². The third kappa shape index (κ3) is 5.47. The minimum Gasteiger partial charge on any atom is -0.488 e. The van der Waals surface area contributed by atoms with E-state index in [-0.39, 0.29) is 5.57 Å². The van der Waals surface area contributed by atoms with Crippen molar-refractivity contribution in [2.45, 2.75) is 6.61 Å².